The van der Waals surface area contributed by atoms with Crippen LogP contribution in [-0.2, 0) is 25.5 Å². The molecule has 1 N–H and O–H groups in total. The topological polar surface area (TPSA) is 81.7 Å². The third kappa shape index (κ3) is 5.29. The first-order chi connectivity index (χ1) is 11.8. The van der Waals surface area contributed by atoms with Crippen LogP contribution in [0, 0.1) is 17.8 Å². The van der Waals surface area contributed by atoms with Gasteiger partial charge in [0, 0.05) is 0 Å². The van der Waals surface area contributed by atoms with Gasteiger partial charge < -0.3 is 14.8 Å². The molecular formula is C18H25NO5S. The van der Waals surface area contributed by atoms with Crippen molar-refractivity contribution in [2.45, 2.75) is 40.5 Å². The molecule has 2 atom stereocenters. The number of thiophene rings is 1. The van der Waals surface area contributed by atoms with Crippen LogP contribution in [0.15, 0.2) is 5.38 Å². The highest BCUT2D eigenvalue weighted by molar-refractivity contribution is 7.15. The third-order valence-corrected chi connectivity index (χ3v) is 4.93. The fraction of sp³-hybridized carbons (Fsp3) is 0.611. The number of amides is 1. The first-order valence-electron chi connectivity index (χ1n) is 8.57. The fourth-order valence-electron chi connectivity index (χ4n) is 2.56. The van der Waals surface area contributed by atoms with Crippen molar-refractivity contribution in [1.82, 2.24) is 0 Å². The van der Waals surface area contributed by atoms with Gasteiger partial charge in [-0.15, -0.1) is 11.3 Å². The van der Waals surface area contributed by atoms with Gasteiger partial charge in [-0.1, -0.05) is 20.8 Å². The molecule has 1 saturated carbocycles. The monoisotopic (exact) mass is 367 g/mol. The van der Waals surface area contributed by atoms with E-state index in [-0.39, 0.29) is 25.1 Å². The van der Waals surface area contributed by atoms with E-state index in [2.05, 4.69) is 19.2 Å². The third-order valence-electron chi connectivity index (χ3n) is 3.99. The summed E-state index contributed by atoms with van der Waals surface area (Å²) in [6.45, 7) is 7.75. The molecule has 1 aliphatic carbocycles. The summed E-state index contributed by atoms with van der Waals surface area (Å²) in [5.74, 6) is -0.611. The summed E-state index contributed by atoms with van der Waals surface area (Å²) in [5, 5.41) is 4.97. The van der Waals surface area contributed by atoms with Crippen LogP contribution < -0.4 is 5.32 Å². The number of carbonyl (C=O) groups excluding carboxylic acids is 3. The van der Waals surface area contributed by atoms with Gasteiger partial charge >= 0.3 is 11.9 Å². The number of esters is 2. The van der Waals surface area contributed by atoms with E-state index < -0.39 is 11.9 Å². The van der Waals surface area contributed by atoms with Gasteiger partial charge in [0.25, 0.3) is 5.91 Å². The summed E-state index contributed by atoms with van der Waals surface area (Å²) in [4.78, 5) is 36.0. The Morgan fingerprint density at radius 3 is 2.56 bits per heavy atom. The van der Waals surface area contributed by atoms with Gasteiger partial charge in [0.05, 0.1) is 18.1 Å². The van der Waals surface area contributed by atoms with Crippen LogP contribution in [0.2, 0.25) is 0 Å². The lowest BCUT2D eigenvalue weighted by molar-refractivity contribution is -0.148. The van der Waals surface area contributed by atoms with E-state index >= 15 is 0 Å². The van der Waals surface area contributed by atoms with Crippen molar-refractivity contribution in [3.8, 4) is 0 Å². The minimum Gasteiger partial charge on any atom is -0.462 e. The molecule has 2 rings (SSSR count). The number of nitrogens with one attached hydrogen (secondary N) is 1. The van der Waals surface area contributed by atoms with Gasteiger partial charge in [-0.2, -0.15) is 0 Å². The molecule has 6 nitrogen and oxygen atoms in total. The van der Waals surface area contributed by atoms with Gasteiger partial charge in [-0.3, -0.25) is 9.59 Å². The molecule has 0 bridgehead atoms. The van der Waals surface area contributed by atoms with Crippen LogP contribution in [0.4, 0.5) is 5.00 Å². The molecule has 2 unspecified atom stereocenters. The summed E-state index contributed by atoms with van der Waals surface area (Å²) >= 11 is 1.28. The summed E-state index contributed by atoms with van der Waals surface area (Å²) in [6, 6.07) is 0. The van der Waals surface area contributed by atoms with Gasteiger partial charge in [-0.25, -0.2) is 4.79 Å². The van der Waals surface area contributed by atoms with Crippen molar-refractivity contribution in [3.05, 3.63) is 16.5 Å². The highest BCUT2D eigenvalue weighted by Crippen LogP contribution is 2.38. The van der Waals surface area contributed by atoms with E-state index in [4.69, 9.17) is 9.47 Å². The number of rotatable bonds is 8. The maximum Gasteiger partial charge on any atom is 0.341 e. The molecule has 1 heterocycles. The zero-order valence-electron chi connectivity index (χ0n) is 15.1. The molecule has 1 aromatic heterocycles. The lowest BCUT2D eigenvalue weighted by atomic mass is 10.0. The van der Waals surface area contributed by atoms with E-state index in [0.717, 1.165) is 18.4 Å². The largest absolute Gasteiger partial charge is 0.462 e. The number of hydrogen-bond donors (Lipinski definition) is 1. The molecule has 1 aliphatic rings. The fourth-order valence-corrected chi connectivity index (χ4v) is 3.54. The summed E-state index contributed by atoms with van der Waals surface area (Å²) < 4.78 is 10.1. The molecule has 138 valence electrons. The predicted molar refractivity (Wildman–Crippen MR) is 95.7 cm³/mol. The van der Waals surface area contributed by atoms with Crippen molar-refractivity contribution in [2.75, 3.05) is 18.5 Å². The molecule has 1 amide bonds. The lowest BCUT2D eigenvalue weighted by Crippen LogP contribution is -2.22. The Bertz CT molecular complexity index is 652. The molecule has 0 saturated heterocycles. The van der Waals surface area contributed by atoms with Crippen LogP contribution in [-0.4, -0.2) is 31.1 Å². The van der Waals surface area contributed by atoms with Crippen molar-refractivity contribution >= 4 is 34.2 Å². The van der Waals surface area contributed by atoms with E-state index in [1.165, 1.54) is 11.3 Å². The Labute approximate surface area is 151 Å². The van der Waals surface area contributed by atoms with Crippen LogP contribution in [0.3, 0.4) is 0 Å². The summed E-state index contributed by atoms with van der Waals surface area (Å²) in [5.41, 5.74) is 1.26. The highest BCUT2D eigenvalue weighted by atomic mass is 32.1. The standard InChI is InChI=1S/C18H25NO5S/c1-5-23-18(22)15-12(6-10(2)3)9-25-16(15)19-14(20)8-24-17(21)13-7-11(13)4/h9-11,13H,5-8H2,1-4H3,(H,19,20). The Balaban J connectivity index is 2.01. The van der Waals surface area contributed by atoms with Crippen LogP contribution in [0.1, 0.15) is 50.0 Å². The highest BCUT2D eigenvalue weighted by Gasteiger charge is 2.40. The predicted octanol–water partition coefficient (Wildman–Crippen LogP) is 3.26. The first-order valence-corrected chi connectivity index (χ1v) is 9.45. The maximum atomic E-state index is 12.3. The quantitative estimate of drug-likeness (QED) is 0.713. The zero-order valence-corrected chi connectivity index (χ0v) is 15.9. The van der Waals surface area contributed by atoms with Crippen molar-refractivity contribution in [1.29, 1.82) is 0 Å². The minimum atomic E-state index is -0.454. The van der Waals surface area contributed by atoms with Gasteiger partial charge in [0.2, 0.25) is 0 Å². The Morgan fingerprint density at radius 2 is 2.00 bits per heavy atom. The second kappa shape index (κ2) is 8.47. The van der Waals surface area contributed by atoms with E-state index in [1.807, 2.05) is 12.3 Å². The number of ether oxygens (including phenoxy) is 2. The molecule has 25 heavy (non-hydrogen) atoms. The van der Waals surface area contributed by atoms with Crippen molar-refractivity contribution in [2.24, 2.45) is 17.8 Å². The number of anilines is 1. The minimum absolute atomic E-state index is 0.0812. The average molecular weight is 367 g/mol. The molecule has 0 aliphatic heterocycles. The zero-order chi connectivity index (χ0) is 18.6. The summed E-state index contributed by atoms with van der Waals surface area (Å²) in [7, 11) is 0. The molecule has 0 aromatic carbocycles. The number of carbonyl (C=O) groups is 3. The Kier molecular flexibility index (Phi) is 6.58. The smallest absolute Gasteiger partial charge is 0.341 e. The van der Waals surface area contributed by atoms with Crippen LogP contribution in [0.5, 0.6) is 0 Å². The molecule has 7 heteroatoms. The summed E-state index contributed by atoms with van der Waals surface area (Å²) in [6.07, 6.45) is 1.53. The average Bonchev–Trinajstić information content (AvgIpc) is 3.14. The van der Waals surface area contributed by atoms with E-state index in [0.29, 0.717) is 22.4 Å². The molecule has 0 spiro atoms. The van der Waals surface area contributed by atoms with Gasteiger partial charge in [0.1, 0.15) is 5.00 Å². The van der Waals surface area contributed by atoms with Crippen molar-refractivity contribution < 1.29 is 23.9 Å². The number of hydrogen-bond acceptors (Lipinski definition) is 6. The van der Waals surface area contributed by atoms with Crippen molar-refractivity contribution in [3.63, 3.8) is 0 Å². The first kappa shape index (κ1) is 19.4. The molecule has 1 aromatic rings. The molecule has 1 fully saturated rings. The normalized spacial score (nSPS) is 18.8. The second-order valence-corrected chi connectivity index (χ2v) is 7.64. The Morgan fingerprint density at radius 1 is 1.32 bits per heavy atom. The molecule has 0 radical (unpaired) electrons. The molecular weight excluding hydrogens is 342 g/mol. The van der Waals surface area contributed by atoms with Gasteiger partial charge in [0.15, 0.2) is 6.61 Å². The van der Waals surface area contributed by atoms with E-state index in [1.54, 1.807) is 6.92 Å². The van der Waals surface area contributed by atoms with Gasteiger partial charge in [-0.05, 0) is 42.5 Å². The maximum absolute atomic E-state index is 12.3. The second-order valence-electron chi connectivity index (χ2n) is 6.76. The van der Waals surface area contributed by atoms with E-state index in [9.17, 15) is 14.4 Å². The Hall–Kier alpha value is -1.89. The lowest BCUT2D eigenvalue weighted by Gasteiger charge is -2.10. The SMILES string of the molecule is CCOC(=O)c1c(CC(C)C)csc1NC(=O)COC(=O)C1CC1C. The van der Waals surface area contributed by atoms with Crippen LogP contribution in [0.25, 0.3) is 0 Å². The van der Waals surface area contributed by atoms with Crippen LogP contribution >= 0.6 is 11.3 Å².